The van der Waals surface area contributed by atoms with Crippen LogP contribution in [0.25, 0.3) is 0 Å². The summed E-state index contributed by atoms with van der Waals surface area (Å²) in [4.78, 5) is 15.6. The summed E-state index contributed by atoms with van der Waals surface area (Å²) in [5, 5.41) is 2.09. The van der Waals surface area contributed by atoms with E-state index in [1.807, 2.05) is 4.90 Å². The van der Waals surface area contributed by atoms with Gasteiger partial charge in [-0.3, -0.25) is 4.79 Å². The number of thiophene rings is 1. The van der Waals surface area contributed by atoms with Gasteiger partial charge in [-0.05, 0) is 30.7 Å². The smallest absolute Gasteiger partial charge is 0.222 e. The number of carbonyl (C=O) groups is 1. The molecule has 18 heavy (non-hydrogen) atoms. The van der Waals surface area contributed by atoms with Crippen molar-refractivity contribution in [3.8, 4) is 0 Å². The summed E-state index contributed by atoms with van der Waals surface area (Å²) in [5.74, 6) is 0.293. The third kappa shape index (κ3) is 3.56. The zero-order chi connectivity index (χ0) is 12.8. The number of ether oxygens (including phenoxy) is 1. The summed E-state index contributed by atoms with van der Waals surface area (Å²) >= 11 is 1.77. The lowest BCUT2D eigenvalue weighted by Gasteiger charge is -2.35. The largest absolute Gasteiger partial charge is 0.377 e. The Kier molecular flexibility index (Phi) is 5.20. The van der Waals surface area contributed by atoms with Gasteiger partial charge in [-0.15, -0.1) is 11.3 Å². The van der Waals surface area contributed by atoms with E-state index < -0.39 is 0 Å². The van der Waals surface area contributed by atoms with Gasteiger partial charge in [0.1, 0.15) is 0 Å². The summed E-state index contributed by atoms with van der Waals surface area (Å²) in [6.45, 7) is 4.27. The molecule has 2 heterocycles. The lowest BCUT2D eigenvalue weighted by atomic mass is 10.1. The van der Waals surface area contributed by atoms with E-state index in [4.69, 9.17) is 4.74 Å². The van der Waals surface area contributed by atoms with Gasteiger partial charge < -0.3 is 9.64 Å². The van der Waals surface area contributed by atoms with E-state index in [1.165, 1.54) is 4.88 Å². The van der Waals surface area contributed by atoms with Crippen molar-refractivity contribution >= 4 is 17.2 Å². The highest BCUT2D eigenvalue weighted by Gasteiger charge is 2.25. The van der Waals surface area contributed by atoms with Crippen molar-refractivity contribution in [1.82, 2.24) is 4.90 Å². The average molecular weight is 267 g/mol. The van der Waals surface area contributed by atoms with Crippen molar-refractivity contribution in [1.29, 1.82) is 0 Å². The molecular weight excluding hydrogens is 246 g/mol. The maximum Gasteiger partial charge on any atom is 0.222 e. The minimum absolute atomic E-state index is 0.285. The lowest BCUT2D eigenvalue weighted by Crippen LogP contribution is -2.48. The average Bonchev–Trinajstić information content (AvgIpc) is 2.91. The van der Waals surface area contributed by atoms with Gasteiger partial charge in [0, 0.05) is 17.8 Å². The molecule has 0 bridgehead atoms. The molecule has 1 aliphatic rings. The van der Waals surface area contributed by atoms with Crippen LogP contribution in [-0.4, -0.2) is 36.6 Å². The minimum atomic E-state index is 0.285. The predicted octanol–water partition coefficient (Wildman–Crippen LogP) is 2.71. The van der Waals surface area contributed by atoms with Crippen LogP contribution < -0.4 is 0 Å². The number of rotatable bonds is 5. The van der Waals surface area contributed by atoms with Crippen LogP contribution in [0.3, 0.4) is 0 Å². The number of morpholine rings is 1. The number of nitrogens with zero attached hydrogens (tertiary/aromatic N) is 1. The van der Waals surface area contributed by atoms with E-state index in [1.54, 1.807) is 11.3 Å². The third-order valence-corrected chi connectivity index (χ3v) is 4.35. The molecule has 1 saturated heterocycles. The topological polar surface area (TPSA) is 29.5 Å². The van der Waals surface area contributed by atoms with Gasteiger partial charge in [0.2, 0.25) is 5.91 Å². The first-order valence-corrected chi connectivity index (χ1v) is 7.59. The van der Waals surface area contributed by atoms with E-state index in [0.29, 0.717) is 25.5 Å². The molecule has 1 fully saturated rings. The van der Waals surface area contributed by atoms with E-state index >= 15 is 0 Å². The van der Waals surface area contributed by atoms with Crippen LogP contribution >= 0.6 is 11.3 Å². The van der Waals surface area contributed by atoms with Crippen LogP contribution in [-0.2, 0) is 16.0 Å². The Labute approximate surface area is 113 Å². The summed E-state index contributed by atoms with van der Waals surface area (Å²) < 4.78 is 5.42. The molecule has 0 aromatic carbocycles. The maximum absolute atomic E-state index is 12.2. The number of aryl methyl sites for hydroxylation is 1. The summed E-state index contributed by atoms with van der Waals surface area (Å²) in [5.41, 5.74) is 0. The Morgan fingerprint density at radius 1 is 1.61 bits per heavy atom. The SMILES string of the molecule is CCC1COCCN1C(=O)CCCc1cccs1. The van der Waals surface area contributed by atoms with Crippen molar-refractivity contribution in [3.63, 3.8) is 0 Å². The molecule has 1 aliphatic heterocycles. The van der Waals surface area contributed by atoms with Gasteiger partial charge >= 0.3 is 0 Å². The quantitative estimate of drug-likeness (QED) is 0.821. The van der Waals surface area contributed by atoms with Gasteiger partial charge in [-0.25, -0.2) is 0 Å². The molecule has 3 nitrogen and oxygen atoms in total. The van der Waals surface area contributed by atoms with E-state index in [9.17, 15) is 4.79 Å². The first kappa shape index (κ1) is 13.6. The molecule has 2 rings (SSSR count). The normalized spacial score (nSPS) is 20.1. The summed E-state index contributed by atoms with van der Waals surface area (Å²) in [6.07, 6.45) is 3.61. The van der Waals surface area contributed by atoms with E-state index in [-0.39, 0.29) is 6.04 Å². The van der Waals surface area contributed by atoms with Crippen molar-refractivity contribution in [2.75, 3.05) is 19.8 Å². The minimum Gasteiger partial charge on any atom is -0.377 e. The molecule has 1 amide bonds. The molecular formula is C14H21NO2S. The highest BCUT2D eigenvalue weighted by molar-refractivity contribution is 7.09. The fourth-order valence-electron chi connectivity index (χ4n) is 2.33. The fourth-order valence-corrected chi connectivity index (χ4v) is 3.08. The lowest BCUT2D eigenvalue weighted by molar-refractivity contribution is -0.140. The van der Waals surface area contributed by atoms with Gasteiger partial charge in [0.15, 0.2) is 0 Å². The first-order chi connectivity index (χ1) is 8.81. The Bertz CT molecular complexity index is 364. The standard InChI is InChI=1S/C14H21NO2S/c1-2-12-11-17-9-8-15(12)14(16)7-3-5-13-6-4-10-18-13/h4,6,10,12H,2-3,5,7-9,11H2,1H3. The molecule has 1 aromatic heterocycles. The van der Waals surface area contributed by atoms with Crippen LogP contribution in [0.2, 0.25) is 0 Å². The van der Waals surface area contributed by atoms with Crippen LogP contribution in [0.1, 0.15) is 31.1 Å². The van der Waals surface area contributed by atoms with Crippen LogP contribution in [0.5, 0.6) is 0 Å². The molecule has 4 heteroatoms. The fraction of sp³-hybridized carbons (Fsp3) is 0.643. The maximum atomic E-state index is 12.2. The Hall–Kier alpha value is -0.870. The zero-order valence-corrected chi connectivity index (χ0v) is 11.7. The number of hydrogen-bond acceptors (Lipinski definition) is 3. The molecule has 0 saturated carbocycles. The molecule has 1 unspecified atom stereocenters. The molecule has 0 radical (unpaired) electrons. The van der Waals surface area contributed by atoms with Gasteiger partial charge in [0.05, 0.1) is 19.3 Å². The van der Waals surface area contributed by atoms with Gasteiger partial charge in [0.25, 0.3) is 0 Å². The molecule has 0 spiro atoms. The molecule has 0 aliphatic carbocycles. The van der Waals surface area contributed by atoms with Crippen molar-refractivity contribution < 1.29 is 9.53 Å². The molecule has 1 atom stereocenters. The first-order valence-electron chi connectivity index (χ1n) is 6.71. The summed E-state index contributed by atoms with van der Waals surface area (Å²) in [6, 6.07) is 4.49. The Balaban J connectivity index is 1.76. The highest BCUT2D eigenvalue weighted by atomic mass is 32.1. The second-order valence-corrected chi connectivity index (χ2v) is 5.69. The summed E-state index contributed by atoms with van der Waals surface area (Å²) in [7, 11) is 0. The Morgan fingerprint density at radius 2 is 2.50 bits per heavy atom. The molecule has 100 valence electrons. The van der Waals surface area contributed by atoms with Crippen molar-refractivity contribution in [3.05, 3.63) is 22.4 Å². The second-order valence-electron chi connectivity index (χ2n) is 4.66. The van der Waals surface area contributed by atoms with Crippen LogP contribution in [0.15, 0.2) is 17.5 Å². The molecule has 1 aromatic rings. The van der Waals surface area contributed by atoms with E-state index in [0.717, 1.165) is 25.8 Å². The second kappa shape index (κ2) is 6.90. The molecule has 0 N–H and O–H groups in total. The zero-order valence-electron chi connectivity index (χ0n) is 10.9. The number of carbonyl (C=O) groups excluding carboxylic acids is 1. The van der Waals surface area contributed by atoms with Crippen molar-refractivity contribution in [2.45, 2.75) is 38.6 Å². The monoisotopic (exact) mass is 267 g/mol. The van der Waals surface area contributed by atoms with Gasteiger partial charge in [-0.1, -0.05) is 13.0 Å². The highest BCUT2D eigenvalue weighted by Crippen LogP contribution is 2.15. The third-order valence-electron chi connectivity index (χ3n) is 3.41. The van der Waals surface area contributed by atoms with Crippen molar-refractivity contribution in [2.24, 2.45) is 0 Å². The predicted molar refractivity (Wildman–Crippen MR) is 73.9 cm³/mol. The van der Waals surface area contributed by atoms with Gasteiger partial charge in [-0.2, -0.15) is 0 Å². The van der Waals surface area contributed by atoms with Crippen LogP contribution in [0.4, 0.5) is 0 Å². The number of amides is 1. The van der Waals surface area contributed by atoms with E-state index in [2.05, 4.69) is 24.4 Å². The van der Waals surface area contributed by atoms with Crippen LogP contribution in [0, 0.1) is 0 Å². The number of hydrogen-bond donors (Lipinski definition) is 0. The Morgan fingerprint density at radius 3 is 3.22 bits per heavy atom.